The minimum absolute atomic E-state index is 0.0219. The van der Waals surface area contributed by atoms with Gasteiger partial charge in [0.25, 0.3) is 5.91 Å². The molecular weight excluding hydrogens is 396 g/mol. The minimum atomic E-state index is -3.62. The van der Waals surface area contributed by atoms with E-state index in [1.165, 1.54) is 35.2 Å². The molecule has 0 fully saturated rings. The Morgan fingerprint density at radius 2 is 1.96 bits per heavy atom. The number of hydrogen-bond acceptors (Lipinski definition) is 5. The van der Waals surface area contributed by atoms with Crippen molar-refractivity contribution in [2.75, 3.05) is 12.4 Å². The number of amides is 1. The number of halogens is 1. The van der Waals surface area contributed by atoms with Crippen molar-refractivity contribution in [2.24, 2.45) is 7.05 Å². The van der Waals surface area contributed by atoms with Crippen molar-refractivity contribution >= 4 is 44.0 Å². The SMILES string of the molecule is CNS(=O)(=O)c1cc(C(=O)Nc2nc(-c3ccc(Cl)cc3)cs2)n(C)c1. The Morgan fingerprint density at radius 3 is 2.62 bits per heavy atom. The van der Waals surface area contributed by atoms with Crippen LogP contribution in [-0.4, -0.2) is 30.9 Å². The van der Waals surface area contributed by atoms with Crippen molar-refractivity contribution in [2.45, 2.75) is 4.90 Å². The van der Waals surface area contributed by atoms with Gasteiger partial charge in [0, 0.05) is 29.2 Å². The molecular formula is C16H15ClN4O3S2. The molecule has 3 aromatic rings. The maximum Gasteiger partial charge on any atom is 0.274 e. The zero-order valence-electron chi connectivity index (χ0n) is 13.9. The van der Waals surface area contributed by atoms with Gasteiger partial charge in [0.2, 0.25) is 10.0 Å². The number of aromatic nitrogens is 2. The molecule has 2 aromatic heterocycles. The summed E-state index contributed by atoms with van der Waals surface area (Å²) in [5.41, 5.74) is 1.81. The van der Waals surface area contributed by atoms with Gasteiger partial charge in [-0.3, -0.25) is 10.1 Å². The average molecular weight is 411 g/mol. The van der Waals surface area contributed by atoms with E-state index in [9.17, 15) is 13.2 Å². The number of nitrogens with one attached hydrogen (secondary N) is 2. The molecule has 136 valence electrons. The van der Waals surface area contributed by atoms with Crippen LogP contribution in [0.15, 0.2) is 46.8 Å². The first-order valence-electron chi connectivity index (χ1n) is 7.43. The molecule has 0 atom stereocenters. The molecule has 1 amide bonds. The quantitative estimate of drug-likeness (QED) is 0.676. The molecule has 26 heavy (non-hydrogen) atoms. The Labute approximate surface area is 159 Å². The van der Waals surface area contributed by atoms with Gasteiger partial charge in [0.15, 0.2) is 5.13 Å². The van der Waals surface area contributed by atoms with E-state index >= 15 is 0 Å². The Balaban J connectivity index is 1.80. The summed E-state index contributed by atoms with van der Waals surface area (Å²) in [7, 11) is -0.699. The first-order chi connectivity index (χ1) is 12.3. The fourth-order valence-electron chi connectivity index (χ4n) is 2.27. The number of rotatable bonds is 5. The molecule has 10 heteroatoms. The first-order valence-corrected chi connectivity index (χ1v) is 10.2. The van der Waals surface area contributed by atoms with E-state index in [4.69, 9.17) is 11.6 Å². The lowest BCUT2D eigenvalue weighted by molar-refractivity contribution is 0.101. The molecule has 0 saturated heterocycles. The topological polar surface area (TPSA) is 93.1 Å². The lowest BCUT2D eigenvalue weighted by Gasteiger charge is -2.02. The number of sulfonamides is 1. The van der Waals surface area contributed by atoms with Crippen molar-refractivity contribution in [1.29, 1.82) is 0 Å². The Kier molecular flexibility index (Phi) is 5.15. The predicted molar refractivity (Wildman–Crippen MR) is 102 cm³/mol. The summed E-state index contributed by atoms with van der Waals surface area (Å²) in [4.78, 5) is 16.9. The second-order valence-corrected chi connectivity index (χ2v) is 8.56. The lowest BCUT2D eigenvalue weighted by atomic mass is 10.2. The van der Waals surface area contributed by atoms with E-state index in [1.807, 2.05) is 17.5 Å². The monoisotopic (exact) mass is 410 g/mol. The van der Waals surface area contributed by atoms with Crippen molar-refractivity contribution in [1.82, 2.24) is 14.3 Å². The van der Waals surface area contributed by atoms with Crippen molar-refractivity contribution in [3.8, 4) is 11.3 Å². The Hall–Kier alpha value is -2.20. The largest absolute Gasteiger partial charge is 0.345 e. The second kappa shape index (κ2) is 7.20. The third-order valence-electron chi connectivity index (χ3n) is 3.66. The highest BCUT2D eigenvalue weighted by Crippen LogP contribution is 2.26. The molecule has 0 radical (unpaired) electrons. The van der Waals surface area contributed by atoms with Crippen LogP contribution in [0.3, 0.4) is 0 Å². The fraction of sp³-hybridized carbons (Fsp3) is 0.125. The maximum absolute atomic E-state index is 12.5. The highest BCUT2D eigenvalue weighted by Gasteiger charge is 2.20. The van der Waals surface area contributed by atoms with Gasteiger partial charge >= 0.3 is 0 Å². The molecule has 0 aliphatic rings. The van der Waals surface area contributed by atoms with Crippen molar-refractivity contribution < 1.29 is 13.2 Å². The number of benzene rings is 1. The van der Waals surface area contributed by atoms with Gasteiger partial charge in [-0.25, -0.2) is 18.1 Å². The summed E-state index contributed by atoms with van der Waals surface area (Å²) in [6.45, 7) is 0. The van der Waals surface area contributed by atoms with Gasteiger partial charge in [0.05, 0.1) is 5.69 Å². The zero-order chi connectivity index (χ0) is 18.9. The fourth-order valence-corrected chi connectivity index (χ4v) is 3.91. The van der Waals surface area contributed by atoms with Crippen LogP contribution < -0.4 is 10.0 Å². The first kappa shape index (κ1) is 18.6. The molecule has 0 bridgehead atoms. The number of anilines is 1. The van der Waals surface area contributed by atoms with E-state index in [0.29, 0.717) is 15.8 Å². The standard InChI is InChI=1S/C16H15ClN4O3S2/c1-18-26(23,24)12-7-14(21(2)8-12)15(22)20-16-19-13(9-25-16)10-3-5-11(17)6-4-10/h3-9,18H,1-2H3,(H,19,20,22). The van der Waals surface area contributed by atoms with Gasteiger partial charge in [-0.1, -0.05) is 23.7 Å². The highest BCUT2D eigenvalue weighted by molar-refractivity contribution is 7.89. The normalized spacial score (nSPS) is 11.5. The number of carbonyl (C=O) groups excluding carboxylic acids is 1. The predicted octanol–water partition coefficient (Wildman–Crippen LogP) is 2.96. The van der Waals surface area contributed by atoms with E-state index in [2.05, 4.69) is 15.0 Å². The smallest absolute Gasteiger partial charge is 0.274 e. The van der Waals surface area contributed by atoms with Crippen molar-refractivity contribution in [3.05, 3.63) is 52.6 Å². The van der Waals surface area contributed by atoms with Crippen LogP contribution >= 0.6 is 22.9 Å². The number of aryl methyl sites for hydroxylation is 1. The third-order valence-corrected chi connectivity index (χ3v) is 6.05. The van der Waals surface area contributed by atoms with Crippen LogP contribution in [0.2, 0.25) is 5.02 Å². The number of carbonyl (C=O) groups is 1. The summed E-state index contributed by atoms with van der Waals surface area (Å²) >= 11 is 7.15. The molecule has 3 rings (SSSR count). The molecule has 2 heterocycles. The van der Waals surface area contributed by atoms with Crippen LogP contribution in [0.5, 0.6) is 0 Å². The van der Waals surface area contributed by atoms with E-state index in [-0.39, 0.29) is 10.6 Å². The van der Waals surface area contributed by atoms with Gasteiger partial charge in [0.1, 0.15) is 10.6 Å². The molecule has 2 N–H and O–H groups in total. The van der Waals surface area contributed by atoms with Gasteiger partial charge < -0.3 is 4.57 Å². The summed E-state index contributed by atoms with van der Waals surface area (Å²) in [5, 5.41) is 5.56. The molecule has 0 spiro atoms. The summed E-state index contributed by atoms with van der Waals surface area (Å²) < 4.78 is 27.4. The van der Waals surface area contributed by atoms with Crippen LogP contribution in [0.4, 0.5) is 5.13 Å². The van der Waals surface area contributed by atoms with E-state index < -0.39 is 15.9 Å². The van der Waals surface area contributed by atoms with Crippen molar-refractivity contribution in [3.63, 3.8) is 0 Å². The van der Waals surface area contributed by atoms with Crippen LogP contribution in [0.25, 0.3) is 11.3 Å². The summed E-state index contributed by atoms with van der Waals surface area (Å²) in [6, 6.07) is 8.53. The molecule has 0 aliphatic carbocycles. The number of hydrogen-bond donors (Lipinski definition) is 2. The molecule has 0 saturated carbocycles. The zero-order valence-corrected chi connectivity index (χ0v) is 16.2. The van der Waals surface area contributed by atoms with Gasteiger partial charge in [-0.05, 0) is 25.2 Å². The second-order valence-electron chi connectivity index (χ2n) is 5.38. The van der Waals surface area contributed by atoms with Crippen LogP contribution in [0.1, 0.15) is 10.5 Å². The molecule has 0 unspecified atom stereocenters. The molecule has 0 aliphatic heterocycles. The molecule has 1 aromatic carbocycles. The average Bonchev–Trinajstić information content (AvgIpc) is 3.22. The third kappa shape index (κ3) is 3.80. The summed E-state index contributed by atoms with van der Waals surface area (Å²) in [6.07, 6.45) is 1.38. The maximum atomic E-state index is 12.5. The number of thiazole rings is 1. The van der Waals surface area contributed by atoms with Crippen LogP contribution in [-0.2, 0) is 17.1 Å². The molecule has 7 nitrogen and oxygen atoms in total. The highest BCUT2D eigenvalue weighted by atomic mass is 35.5. The van der Waals surface area contributed by atoms with E-state index in [1.54, 1.807) is 19.2 Å². The Morgan fingerprint density at radius 1 is 1.27 bits per heavy atom. The lowest BCUT2D eigenvalue weighted by Crippen LogP contribution is -2.18. The summed E-state index contributed by atoms with van der Waals surface area (Å²) in [5.74, 6) is -0.443. The van der Waals surface area contributed by atoms with Crippen LogP contribution in [0, 0.1) is 0 Å². The van der Waals surface area contributed by atoms with Gasteiger partial charge in [-0.15, -0.1) is 11.3 Å². The minimum Gasteiger partial charge on any atom is -0.345 e. The van der Waals surface area contributed by atoms with E-state index in [0.717, 1.165) is 5.56 Å². The van der Waals surface area contributed by atoms with Gasteiger partial charge in [-0.2, -0.15) is 0 Å². The Bertz CT molecular complexity index is 1060. The number of nitrogens with zero attached hydrogens (tertiary/aromatic N) is 2.